The van der Waals surface area contributed by atoms with Crippen LogP contribution in [0.5, 0.6) is 0 Å². The molecular weight excluding hydrogens is 282 g/mol. The quantitative estimate of drug-likeness (QED) is 0.929. The van der Waals surface area contributed by atoms with Crippen LogP contribution < -0.4 is 4.72 Å². The zero-order chi connectivity index (χ0) is 15.5. The van der Waals surface area contributed by atoms with Crippen molar-refractivity contribution >= 4 is 10.0 Å². The van der Waals surface area contributed by atoms with Crippen LogP contribution in [0.15, 0.2) is 29.2 Å². The number of nitrogens with one attached hydrogen (secondary N) is 1. The van der Waals surface area contributed by atoms with Gasteiger partial charge in [0.2, 0.25) is 10.0 Å². The van der Waals surface area contributed by atoms with Crippen molar-refractivity contribution in [3.63, 3.8) is 0 Å². The van der Waals surface area contributed by atoms with Crippen LogP contribution in [0.2, 0.25) is 0 Å². The highest BCUT2D eigenvalue weighted by Crippen LogP contribution is 2.65. The van der Waals surface area contributed by atoms with Crippen LogP contribution in [0.25, 0.3) is 0 Å². The number of sulfonamides is 1. The summed E-state index contributed by atoms with van der Waals surface area (Å²) in [5.74, 6) is 0.633. The molecule has 2 aliphatic carbocycles. The summed E-state index contributed by atoms with van der Waals surface area (Å²) in [6.45, 7) is 8.81. The van der Waals surface area contributed by atoms with E-state index in [9.17, 15) is 8.42 Å². The van der Waals surface area contributed by atoms with E-state index < -0.39 is 10.0 Å². The van der Waals surface area contributed by atoms with Gasteiger partial charge in [0.05, 0.1) is 4.90 Å². The van der Waals surface area contributed by atoms with Crippen molar-refractivity contribution in [3.05, 3.63) is 29.8 Å². The Morgan fingerprint density at radius 1 is 1.14 bits per heavy atom. The van der Waals surface area contributed by atoms with Crippen molar-refractivity contribution in [2.24, 2.45) is 16.7 Å². The summed E-state index contributed by atoms with van der Waals surface area (Å²) in [5.41, 5.74) is 1.35. The number of benzene rings is 1. The van der Waals surface area contributed by atoms with Gasteiger partial charge in [-0.25, -0.2) is 13.1 Å². The van der Waals surface area contributed by atoms with E-state index in [2.05, 4.69) is 25.5 Å². The second-order valence-corrected chi connectivity index (χ2v) is 9.31. The number of fused-ring (bicyclic) bond motifs is 2. The highest BCUT2D eigenvalue weighted by atomic mass is 32.2. The lowest BCUT2D eigenvalue weighted by Crippen LogP contribution is -2.46. The largest absolute Gasteiger partial charge is 0.240 e. The Bertz CT molecular complexity index is 648. The van der Waals surface area contributed by atoms with Gasteiger partial charge in [0.1, 0.15) is 0 Å². The summed E-state index contributed by atoms with van der Waals surface area (Å²) >= 11 is 0. The fourth-order valence-corrected chi connectivity index (χ4v) is 5.72. The predicted molar refractivity (Wildman–Crippen MR) is 84.5 cm³/mol. The molecule has 0 radical (unpaired) electrons. The van der Waals surface area contributed by atoms with E-state index in [1.54, 1.807) is 12.1 Å². The summed E-state index contributed by atoms with van der Waals surface area (Å²) in [6.07, 6.45) is 3.31. The Labute approximate surface area is 128 Å². The van der Waals surface area contributed by atoms with E-state index >= 15 is 0 Å². The van der Waals surface area contributed by atoms with Crippen LogP contribution in [0.3, 0.4) is 0 Å². The molecule has 0 heterocycles. The maximum atomic E-state index is 12.6. The van der Waals surface area contributed by atoms with Gasteiger partial charge in [0.15, 0.2) is 0 Å². The third-order valence-electron chi connectivity index (χ3n) is 6.42. The maximum Gasteiger partial charge on any atom is 0.240 e. The molecule has 1 aromatic rings. The fraction of sp³-hybridized carbons (Fsp3) is 0.647. The van der Waals surface area contributed by atoms with Gasteiger partial charge in [-0.2, -0.15) is 0 Å². The molecule has 0 spiro atoms. The first-order valence-electron chi connectivity index (χ1n) is 7.76. The number of rotatable bonds is 3. The Morgan fingerprint density at radius 3 is 2.24 bits per heavy atom. The van der Waals surface area contributed by atoms with Gasteiger partial charge in [-0.05, 0) is 55.1 Å². The zero-order valence-electron chi connectivity index (χ0n) is 13.3. The van der Waals surface area contributed by atoms with Crippen molar-refractivity contribution in [1.82, 2.24) is 4.72 Å². The molecule has 0 aliphatic heterocycles. The second-order valence-electron chi connectivity index (χ2n) is 7.60. The molecule has 4 heteroatoms. The van der Waals surface area contributed by atoms with Gasteiger partial charge in [-0.15, -0.1) is 0 Å². The summed E-state index contributed by atoms with van der Waals surface area (Å²) in [6, 6.07) is 7.14. The minimum Gasteiger partial charge on any atom is -0.207 e. The second kappa shape index (κ2) is 4.56. The molecule has 3 atom stereocenters. The lowest BCUT2D eigenvalue weighted by atomic mass is 9.69. The molecule has 21 heavy (non-hydrogen) atoms. The van der Waals surface area contributed by atoms with Gasteiger partial charge in [0, 0.05) is 6.04 Å². The number of hydrogen-bond acceptors (Lipinski definition) is 2. The topological polar surface area (TPSA) is 46.2 Å². The van der Waals surface area contributed by atoms with Gasteiger partial charge in [0.25, 0.3) is 0 Å². The SMILES string of the molecule is Cc1ccc(S(=O)(=O)N[C@@H]2C[C@H]3CC[C@]2(C)C3(C)C)cc1. The molecule has 0 aromatic heterocycles. The molecule has 0 amide bonds. The van der Waals surface area contributed by atoms with E-state index in [0.29, 0.717) is 10.8 Å². The van der Waals surface area contributed by atoms with Crippen LogP contribution in [0.1, 0.15) is 45.6 Å². The lowest BCUT2D eigenvalue weighted by Gasteiger charge is -2.39. The summed E-state index contributed by atoms with van der Waals surface area (Å²) in [4.78, 5) is 0.372. The number of aryl methyl sites for hydroxylation is 1. The average molecular weight is 307 g/mol. The van der Waals surface area contributed by atoms with Crippen molar-refractivity contribution in [2.45, 2.75) is 57.9 Å². The smallest absolute Gasteiger partial charge is 0.207 e. The van der Waals surface area contributed by atoms with E-state index in [4.69, 9.17) is 0 Å². The minimum atomic E-state index is -3.42. The molecular formula is C17H25NO2S. The molecule has 0 saturated heterocycles. The molecule has 1 aromatic carbocycles. The molecule has 2 fully saturated rings. The third kappa shape index (κ3) is 2.15. The standard InChI is InChI=1S/C17H25NO2S/c1-12-5-7-14(8-6-12)21(19,20)18-15-11-13-9-10-17(15,4)16(13,2)3/h5-8,13,15,18H,9-11H2,1-4H3/t13-,15-,17+/m1/s1. The normalized spacial score (nSPS) is 34.3. The van der Waals surface area contributed by atoms with Crippen LogP contribution in [-0.4, -0.2) is 14.5 Å². The Morgan fingerprint density at radius 2 is 1.76 bits per heavy atom. The first-order chi connectivity index (χ1) is 9.67. The highest BCUT2D eigenvalue weighted by molar-refractivity contribution is 7.89. The summed E-state index contributed by atoms with van der Waals surface area (Å²) < 4.78 is 28.2. The monoisotopic (exact) mass is 307 g/mol. The first-order valence-corrected chi connectivity index (χ1v) is 9.24. The minimum absolute atomic E-state index is 0.0533. The van der Waals surface area contributed by atoms with E-state index in [1.807, 2.05) is 19.1 Å². The van der Waals surface area contributed by atoms with Gasteiger partial charge in [-0.3, -0.25) is 0 Å². The van der Waals surface area contributed by atoms with Crippen molar-refractivity contribution in [3.8, 4) is 0 Å². The fourth-order valence-electron chi connectivity index (χ4n) is 4.35. The van der Waals surface area contributed by atoms with Crippen LogP contribution >= 0.6 is 0 Å². The van der Waals surface area contributed by atoms with Crippen molar-refractivity contribution < 1.29 is 8.42 Å². The van der Waals surface area contributed by atoms with E-state index in [-0.39, 0.29) is 16.9 Å². The molecule has 1 N–H and O–H groups in total. The van der Waals surface area contributed by atoms with Crippen molar-refractivity contribution in [1.29, 1.82) is 0 Å². The number of hydrogen-bond donors (Lipinski definition) is 1. The van der Waals surface area contributed by atoms with Crippen LogP contribution in [0.4, 0.5) is 0 Å². The van der Waals surface area contributed by atoms with Gasteiger partial charge in [-0.1, -0.05) is 38.5 Å². The van der Waals surface area contributed by atoms with Crippen LogP contribution in [0, 0.1) is 23.7 Å². The lowest BCUT2D eigenvalue weighted by molar-refractivity contribution is 0.130. The Balaban J connectivity index is 1.86. The molecule has 2 bridgehead atoms. The van der Waals surface area contributed by atoms with Gasteiger partial charge >= 0.3 is 0 Å². The Kier molecular flexibility index (Phi) is 3.27. The summed E-state index contributed by atoms with van der Waals surface area (Å²) in [5, 5.41) is 0. The Hall–Kier alpha value is -0.870. The van der Waals surface area contributed by atoms with E-state index in [0.717, 1.165) is 18.4 Å². The molecule has 3 nitrogen and oxygen atoms in total. The molecule has 2 aliphatic rings. The molecule has 116 valence electrons. The summed E-state index contributed by atoms with van der Waals surface area (Å²) in [7, 11) is -3.42. The van der Waals surface area contributed by atoms with Gasteiger partial charge < -0.3 is 0 Å². The average Bonchev–Trinajstić information content (AvgIpc) is 2.72. The third-order valence-corrected chi connectivity index (χ3v) is 7.91. The maximum absolute atomic E-state index is 12.6. The highest BCUT2D eigenvalue weighted by Gasteiger charge is 2.61. The van der Waals surface area contributed by atoms with E-state index in [1.165, 1.54) is 6.42 Å². The van der Waals surface area contributed by atoms with Crippen molar-refractivity contribution in [2.75, 3.05) is 0 Å². The predicted octanol–water partition coefficient (Wildman–Crippen LogP) is 3.49. The molecule has 3 rings (SSSR count). The van der Waals surface area contributed by atoms with Crippen LogP contribution in [-0.2, 0) is 10.0 Å². The molecule has 0 unspecified atom stereocenters. The molecule has 2 saturated carbocycles. The zero-order valence-corrected chi connectivity index (χ0v) is 14.1. The first kappa shape index (κ1) is 15.0.